The smallest absolute Gasteiger partial charge is 0.226 e. The van der Waals surface area contributed by atoms with Gasteiger partial charge in [0.05, 0.1) is 0 Å². The molecule has 0 aliphatic heterocycles. The third kappa shape index (κ3) is 13.2. The second-order valence-electron chi connectivity index (χ2n) is 10.3. The van der Waals surface area contributed by atoms with Crippen LogP contribution in [0, 0.1) is 25.7 Å². The lowest BCUT2D eigenvalue weighted by molar-refractivity contribution is 0.385. The maximum absolute atomic E-state index is 6.02. The van der Waals surface area contributed by atoms with Crippen molar-refractivity contribution in [2.24, 2.45) is 5.92 Å². The van der Waals surface area contributed by atoms with Gasteiger partial charge in [0.1, 0.15) is 17.5 Å². The molecule has 10 heteroatoms. The number of nitrogens with one attached hydrogen (secondary N) is 3. The van der Waals surface area contributed by atoms with E-state index in [4.69, 9.17) is 34.8 Å². The summed E-state index contributed by atoms with van der Waals surface area (Å²) in [5.74, 6) is 4.00. The van der Waals surface area contributed by atoms with Crippen LogP contribution in [0.25, 0.3) is 5.82 Å². The lowest BCUT2D eigenvalue weighted by Crippen LogP contribution is -2.10. The Balaban J connectivity index is 0.000000277. The first-order chi connectivity index (χ1) is 21.3. The molecule has 3 N–H and O–H groups in total. The van der Waals surface area contributed by atoms with Gasteiger partial charge in [0.25, 0.3) is 0 Å². The van der Waals surface area contributed by atoms with E-state index >= 15 is 0 Å². The molecule has 2 aromatic heterocycles. The Hall–Kier alpha value is -3.28. The molecule has 0 atom stereocenters. The highest BCUT2D eigenvalue weighted by molar-refractivity contribution is 6.35. The van der Waals surface area contributed by atoms with Crippen molar-refractivity contribution < 1.29 is 0 Å². The molecule has 44 heavy (non-hydrogen) atoms. The van der Waals surface area contributed by atoms with Crippen LogP contribution in [0.15, 0.2) is 60.9 Å². The van der Waals surface area contributed by atoms with Crippen molar-refractivity contribution in [3.8, 4) is 18.7 Å². The van der Waals surface area contributed by atoms with E-state index in [1.807, 2.05) is 74.1 Å². The minimum Gasteiger partial charge on any atom is -0.370 e. The molecule has 2 aromatic carbocycles. The van der Waals surface area contributed by atoms with Crippen LogP contribution in [-0.4, -0.2) is 33.1 Å². The number of aryl methyl sites for hydroxylation is 1. The van der Waals surface area contributed by atoms with E-state index in [0.717, 1.165) is 47.6 Å². The van der Waals surface area contributed by atoms with Crippen LogP contribution >= 0.6 is 34.8 Å². The van der Waals surface area contributed by atoms with E-state index in [-0.39, 0.29) is 0 Å². The number of benzene rings is 2. The van der Waals surface area contributed by atoms with Gasteiger partial charge in [0, 0.05) is 53.2 Å². The molecule has 1 aliphatic rings. The van der Waals surface area contributed by atoms with Gasteiger partial charge in [-0.25, -0.2) is 4.98 Å². The van der Waals surface area contributed by atoms with Gasteiger partial charge < -0.3 is 16.0 Å². The lowest BCUT2D eigenvalue weighted by atomic mass is 9.91. The Bertz CT molecular complexity index is 1420. The van der Waals surface area contributed by atoms with Gasteiger partial charge in [-0.15, -0.1) is 12.8 Å². The molecule has 0 radical (unpaired) electrons. The Morgan fingerprint density at radius 1 is 0.909 bits per heavy atom. The highest BCUT2D eigenvalue weighted by Crippen LogP contribution is 2.22. The monoisotopic (exact) mass is 655 g/mol. The van der Waals surface area contributed by atoms with Crippen LogP contribution in [-0.2, 0) is 13.1 Å². The number of halogens is 3. The molecule has 1 aliphatic carbocycles. The number of rotatable bonds is 8. The predicted octanol–water partition coefficient (Wildman–Crippen LogP) is 9.22. The Labute approximate surface area is 278 Å². The second-order valence-corrected chi connectivity index (χ2v) is 11.6. The van der Waals surface area contributed by atoms with E-state index in [1.165, 1.54) is 32.1 Å². The number of aromatic nitrogens is 4. The Kier molecular flexibility index (Phi) is 17.3. The van der Waals surface area contributed by atoms with Gasteiger partial charge >= 0.3 is 0 Å². The van der Waals surface area contributed by atoms with Crippen LogP contribution < -0.4 is 16.0 Å². The van der Waals surface area contributed by atoms with Crippen LogP contribution in [0.3, 0.4) is 0 Å². The molecule has 0 saturated heterocycles. The van der Waals surface area contributed by atoms with Gasteiger partial charge in [0.15, 0.2) is 0 Å². The van der Waals surface area contributed by atoms with Gasteiger partial charge in [-0.05, 0) is 62.2 Å². The first-order valence-corrected chi connectivity index (χ1v) is 16.0. The van der Waals surface area contributed by atoms with Crippen LogP contribution in [0.5, 0.6) is 0 Å². The third-order valence-electron chi connectivity index (χ3n) is 6.76. The zero-order valence-corrected chi connectivity index (χ0v) is 28.4. The number of imidazole rings is 1. The summed E-state index contributed by atoms with van der Waals surface area (Å²) in [5.41, 5.74) is 2.14. The molecule has 7 nitrogen and oxygen atoms in total. The minimum atomic E-state index is 0.552. The SMILES string of the molecule is C#C.CC1CCCCC1.CCNc1cc(-n2ccnc2C)nc(NCc2cccc(Cl)c2)n1.CNCc1ccc(Cl)cc1Cl. The van der Waals surface area contributed by atoms with Gasteiger partial charge in [-0.1, -0.05) is 92.0 Å². The fraction of sp³-hybridized carbons (Fsp3) is 0.382. The quantitative estimate of drug-likeness (QED) is 0.164. The summed E-state index contributed by atoms with van der Waals surface area (Å²) >= 11 is 17.6. The maximum atomic E-state index is 6.02. The topological polar surface area (TPSA) is 79.7 Å². The van der Waals surface area contributed by atoms with Gasteiger partial charge in [-0.3, -0.25) is 4.57 Å². The molecule has 2 heterocycles. The zero-order valence-electron chi connectivity index (χ0n) is 26.1. The molecule has 0 unspecified atom stereocenters. The molecular weight excluding hydrogens is 613 g/mol. The molecule has 1 saturated carbocycles. The molecule has 1 fully saturated rings. The van der Waals surface area contributed by atoms with Crippen molar-refractivity contribution in [2.45, 2.75) is 66.0 Å². The number of nitrogens with zero attached hydrogens (tertiary/aromatic N) is 4. The fourth-order valence-corrected chi connectivity index (χ4v) is 5.21. The molecule has 0 bridgehead atoms. The van der Waals surface area contributed by atoms with E-state index in [9.17, 15) is 0 Å². The fourth-order valence-electron chi connectivity index (χ4n) is 4.52. The predicted molar refractivity (Wildman–Crippen MR) is 188 cm³/mol. The third-order valence-corrected chi connectivity index (χ3v) is 7.58. The summed E-state index contributed by atoms with van der Waals surface area (Å²) in [7, 11) is 1.88. The maximum Gasteiger partial charge on any atom is 0.226 e. The zero-order chi connectivity index (χ0) is 32.3. The Morgan fingerprint density at radius 3 is 2.20 bits per heavy atom. The molecule has 5 rings (SSSR count). The first-order valence-electron chi connectivity index (χ1n) is 14.8. The first kappa shape index (κ1) is 36.9. The van der Waals surface area contributed by atoms with E-state index in [2.05, 4.69) is 50.7 Å². The van der Waals surface area contributed by atoms with Crippen molar-refractivity contribution in [1.29, 1.82) is 0 Å². The summed E-state index contributed by atoms with van der Waals surface area (Å²) < 4.78 is 1.92. The molecular formula is C34H44Cl3N7. The summed E-state index contributed by atoms with van der Waals surface area (Å²) in [6, 6.07) is 15.1. The van der Waals surface area contributed by atoms with Crippen LogP contribution in [0.2, 0.25) is 15.1 Å². The van der Waals surface area contributed by atoms with E-state index in [1.54, 1.807) is 12.3 Å². The van der Waals surface area contributed by atoms with E-state index in [0.29, 0.717) is 27.6 Å². The van der Waals surface area contributed by atoms with Gasteiger partial charge in [0.2, 0.25) is 5.95 Å². The normalized spacial score (nSPS) is 12.4. The number of terminal acetylenes is 1. The average molecular weight is 657 g/mol. The lowest BCUT2D eigenvalue weighted by Gasteiger charge is -2.15. The van der Waals surface area contributed by atoms with Gasteiger partial charge in [-0.2, -0.15) is 9.97 Å². The molecule has 0 amide bonds. The van der Waals surface area contributed by atoms with Crippen molar-refractivity contribution in [2.75, 3.05) is 24.2 Å². The number of anilines is 2. The number of hydrogen-bond donors (Lipinski definition) is 3. The van der Waals surface area contributed by atoms with Crippen LogP contribution in [0.1, 0.15) is 62.9 Å². The minimum absolute atomic E-state index is 0.552. The average Bonchev–Trinajstić information content (AvgIpc) is 3.46. The summed E-state index contributed by atoms with van der Waals surface area (Å²) in [5, 5.41) is 11.6. The number of hydrogen-bond acceptors (Lipinski definition) is 6. The summed E-state index contributed by atoms with van der Waals surface area (Å²) in [4.78, 5) is 13.3. The molecule has 4 aromatic rings. The molecule has 236 valence electrons. The highest BCUT2D eigenvalue weighted by atomic mass is 35.5. The second kappa shape index (κ2) is 20.6. The Morgan fingerprint density at radius 2 is 1.64 bits per heavy atom. The van der Waals surface area contributed by atoms with E-state index < -0.39 is 0 Å². The van der Waals surface area contributed by atoms with Crippen molar-refractivity contribution in [3.05, 3.63) is 92.9 Å². The van der Waals surface area contributed by atoms with Crippen molar-refractivity contribution >= 4 is 46.6 Å². The van der Waals surface area contributed by atoms with Crippen molar-refractivity contribution in [3.63, 3.8) is 0 Å². The highest BCUT2D eigenvalue weighted by Gasteiger charge is 2.09. The van der Waals surface area contributed by atoms with Crippen molar-refractivity contribution in [1.82, 2.24) is 24.8 Å². The largest absolute Gasteiger partial charge is 0.370 e. The molecule has 0 spiro atoms. The summed E-state index contributed by atoms with van der Waals surface area (Å²) in [6.45, 7) is 8.48. The van der Waals surface area contributed by atoms with Crippen LogP contribution in [0.4, 0.5) is 11.8 Å². The standard InChI is InChI=1S/C17H19ClN6.C8H9Cl2N.C7H14.C2H2/c1-3-19-15-10-16(24-8-7-20-12(24)2)23-17(22-15)21-11-13-5-4-6-14(18)9-13;1-11-5-6-2-3-7(9)4-8(6)10;1-7-5-3-2-4-6-7;1-2/h4-10H,3,11H2,1-2H3,(H2,19,21,22,23);2-4,11H,5H2,1H3;7H,2-6H2,1H3;1-2H. The summed E-state index contributed by atoms with van der Waals surface area (Å²) in [6.07, 6.45) is 19.1.